The van der Waals surface area contributed by atoms with Crippen molar-refractivity contribution < 1.29 is 4.79 Å². The smallest absolute Gasteiger partial charge is 0.164 e. The van der Waals surface area contributed by atoms with E-state index in [9.17, 15) is 4.79 Å². The first-order valence-corrected chi connectivity index (χ1v) is 7.64. The van der Waals surface area contributed by atoms with Crippen molar-refractivity contribution in [2.24, 2.45) is 5.73 Å². The van der Waals surface area contributed by atoms with Crippen molar-refractivity contribution in [3.05, 3.63) is 60.2 Å². The van der Waals surface area contributed by atoms with Crippen LogP contribution in [0.15, 0.2) is 54.6 Å². The van der Waals surface area contributed by atoms with Crippen molar-refractivity contribution in [3.63, 3.8) is 0 Å². The molecule has 0 saturated heterocycles. The van der Waals surface area contributed by atoms with Gasteiger partial charge in [-0.1, -0.05) is 67.4 Å². The molecular weight excluding hydrogens is 258 g/mol. The summed E-state index contributed by atoms with van der Waals surface area (Å²) in [5.74, 6) is 0.166. The van der Waals surface area contributed by atoms with Gasteiger partial charge in [0, 0.05) is 17.5 Å². The zero-order valence-electron chi connectivity index (χ0n) is 12.2. The molecule has 0 aliphatic heterocycles. The molecule has 0 spiro atoms. The molecule has 1 fully saturated rings. The largest absolute Gasteiger partial charge is 0.325 e. The first-order valence-electron chi connectivity index (χ1n) is 7.64. The molecule has 1 saturated carbocycles. The molecule has 0 bridgehead atoms. The van der Waals surface area contributed by atoms with Gasteiger partial charge in [-0.2, -0.15) is 0 Å². The quantitative estimate of drug-likeness (QED) is 0.852. The van der Waals surface area contributed by atoms with Crippen LogP contribution in [0.4, 0.5) is 0 Å². The highest BCUT2D eigenvalue weighted by molar-refractivity contribution is 5.97. The van der Waals surface area contributed by atoms with Gasteiger partial charge in [0.15, 0.2) is 5.78 Å². The summed E-state index contributed by atoms with van der Waals surface area (Å²) in [6.45, 7) is 0. The van der Waals surface area contributed by atoms with Crippen LogP contribution >= 0.6 is 0 Å². The molecule has 108 valence electrons. The van der Waals surface area contributed by atoms with Gasteiger partial charge in [-0.15, -0.1) is 0 Å². The van der Waals surface area contributed by atoms with Crippen molar-refractivity contribution in [2.45, 2.75) is 37.6 Å². The van der Waals surface area contributed by atoms with E-state index in [1.165, 1.54) is 5.56 Å². The fraction of sp³-hybridized carbons (Fsp3) is 0.316. The summed E-state index contributed by atoms with van der Waals surface area (Å²) in [5, 5.41) is 0. The SMILES string of the molecule is NC1(CC(=O)c2ccc(-c3ccccc3)cc2)CCCC1. The van der Waals surface area contributed by atoms with Crippen molar-refractivity contribution in [2.75, 3.05) is 0 Å². The van der Waals surface area contributed by atoms with E-state index >= 15 is 0 Å². The van der Waals surface area contributed by atoms with E-state index in [0.717, 1.165) is 36.8 Å². The molecule has 2 heteroatoms. The molecule has 0 radical (unpaired) electrons. The van der Waals surface area contributed by atoms with Gasteiger partial charge in [-0.3, -0.25) is 4.79 Å². The number of benzene rings is 2. The molecule has 0 aromatic heterocycles. The van der Waals surface area contributed by atoms with Crippen LogP contribution in [0.3, 0.4) is 0 Å². The molecule has 2 aromatic rings. The van der Waals surface area contributed by atoms with Gasteiger partial charge < -0.3 is 5.73 Å². The van der Waals surface area contributed by atoms with Crippen molar-refractivity contribution in [3.8, 4) is 11.1 Å². The van der Waals surface area contributed by atoms with E-state index in [1.807, 2.05) is 42.5 Å². The van der Waals surface area contributed by atoms with Gasteiger partial charge in [0.25, 0.3) is 0 Å². The molecule has 1 aliphatic rings. The van der Waals surface area contributed by atoms with Crippen molar-refractivity contribution in [1.29, 1.82) is 0 Å². The second-order valence-corrected chi connectivity index (χ2v) is 6.11. The minimum atomic E-state index is -0.269. The van der Waals surface area contributed by atoms with Crippen LogP contribution in [0, 0.1) is 0 Å². The Kier molecular flexibility index (Phi) is 3.89. The molecule has 2 N–H and O–H groups in total. The molecule has 1 aliphatic carbocycles. The summed E-state index contributed by atoms with van der Waals surface area (Å²) in [4.78, 5) is 12.4. The monoisotopic (exact) mass is 279 g/mol. The lowest BCUT2D eigenvalue weighted by molar-refractivity contribution is 0.0952. The summed E-state index contributed by atoms with van der Waals surface area (Å²) < 4.78 is 0. The Labute approximate surface area is 126 Å². The lowest BCUT2D eigenvalue weighted by Crippen LogP contribution is -2.38. The average Bonchev–Trinajstić information content (AvgIpc) is 2.94. The van der Waals surface area contributed by atoms with Gasteiger partial charge in [0.05, 0.1) is 0 Å². The molecule has 0 atom stereocenters. The molecule has 0 amide bonds. The Bertz CT molecular complexity index is 610. The fourth-order valence-corrected chi connectivity index (χ4v) is 3.16. The van der Waals surface area contributed by atoms with Gasteiger partial charge in [-0.05, 0) is 24.0 Å². The van der Waals surface area contributed by atoms with Gasteiger partial charge in [0.2, 0.25) is 0 Å². The molecule has 2 nitrogen and oxygen atoms in total. The molecule has 3 rings (SSSR count). The Hall–Kier alpha value is -1.93. The lowest BCUT2D eigenvalue weighted by atomic mass is 9.89. The fourth-order valence-electron chi connectivity index (χ4n) is 3.16. The average molecular weight is 279 g/mol. The number of nitrogens with two attached hydrogens (primary N) is 1. The van der Waals surface area contributed by atoms with Gasteiger partial charge in [-0.25, -0.2) is 0 Å². The van der Waals surface area contributed by atoms with Crippen LogP contribution in [0.5, 0.6) is 0 Å². The van der Waals surface area contributed by atoms with E-state index in [2.05, 4.69) is 12.1 Å². The third kappa shape index (κ3) is 3.22. The predicted molar refractivity (Wildman–Crippen MR) is 86.2 cm³/mol. The van der Waals surface area contributed by atoms with Crippen LogP contribution in [0.1, 0.15) is 42.5 Å². The molecule has 2 aromatic carbocycles. The maximum atomic E-state index is 12.4. The second kappa shape index (κ2) is 5.82. The topological polar surface area (TPSA) is 43.1 Å². The number of ketones is 1. The molecular formula is C19H21NO. The van der Waals surface area contributed by atoms with Crippen molar-refractivity contribution in [1.82, 2.24) is 0 Å². The van der Waals surface area contributed by atoms with E-state index < -0.39 is 0 Å². The minimum absolute atomic E-state index is 0.166. The Morgan fingerprint density at radius 2 is 1.48 bits per heavy atom. The third-order valence-corrected chi connectivity index (χ3v) is 4.43. The summed E-state index contributed by atoms with van der Waals surface area (Å²) in [6, 6.07) is 18.1. The predicted octanol–water partition coefficient (Wildman–Crippen LogP) is 4.20. The first-order chi connectivity index (χ1) is 10.2. The highest BCUT2D eigenvalue weighted by Gasteiger charge is 2.31. The number of rotatable bonds is 4. The Morgan fingerprint density at radius 3 is 2.10 bits per heavy atom. The highest BCUT2D eigenvalue weighted by Crippen LogP contribution is 2.31. The minimum Gasteiger partial charge on any atom is -0.325 e. The lowest BCUT2D eigenvalue weighted by Gasteiger charge is -2.22. The zero-order valence-corrected chi connectivity index (χ0v) is 12.2. The first kappa shape index (κ1) is 14.0. The van der Waals surface area contributed by atoms with Crippen LogP contribution in [-0.4, -0.2) is 11.3 Å². The second-order valence-electron chi connectivity index (χ2n) is 6.11. The van der Waals surface area contributed by atoms with Crippen LogP contribution in [0.2, 0.25) is 0 Å². The van der Waals surface area contributed by atoms with Crippen molar-refractivity contribution >= 4 is 5.78 Å². The summed E-state index contributed by atoms with van der Waals surface area (Å²) in [5.41, 5.74) is 9.10. The van der Waals surface area contributed by atoms with Crippen LogP contribution in [-0.2, 0) is 0 Å². The van der Waals surface area contributed by atoms with E-state index in [4.69, 9.17) is 5.73 Å². The van der Waals surface area contributed by atoms with E-state index in [1.54, 1.807) is 0 Å². The summed E-state index contributed by atoms with van der Waals surface area (Å²) >= 11 is 0. The zero-order chi connectivity index (χ0) is 14.7. The Morgan fingerprint density at radius 1 is 0.905 bits per heavy atom. The Balaban J connectivity index is 1.73. The standard InChI is InChI=1S/C19H21NO/c20-19(12-4-5-13-19)14-18(21)17-10-8-16(9-11-17)15-6-2-1-3-7-15/h1-3,6-11H,4-5,12-14,20H2. The molecule has 0 heterocycles. The number of Topliss-reactive ketones (excluding diaryl/α,β-unsaturated/α-hetero) is 1. The van der Waals surface area contributed by atoms with Gasteiger partial charge in [0.1, 0.15) is 0 Å². The number of hydrogen-bond donors (Lipinski definition) is 1. The highest BCUT2D eigenvalue weighted by atomic mass is 16.1. The normalized spacial score (nSPS) is 16.8. The van der Waals surface area contributed by atoms with Crippen LogP contribution < -0.4 is 5.73 Å². The van der Waals surface area contributed by atoms with E-state index in [-0.39, 0.29) is 11.3 Å². The maximum Gasteiger partial charge on any atom is 0.164 e. The maximum absolute atomic E-state index is 12.4. The number of carbonyl (C=O) groups excluding carboxylic acids is 1. The number of carbonyl (C=O) groups is 1. The van der Waals surface area contributed by atoms with Crippen LogP contribution in [0.25, 0.3) is 11.1 Å². The van der Waals surface area contributed by atoms with E-state index in [0.29, 0.717) is 6.42 Å². The summed E-state index contributed by atoms with van der Waals surface area (Å²) in [7, 11) is 0. The summed E-state index contributed by atoms with van der Waals surface area (Å²) in [6.07, 6.45) is 4.72. The molecule has 21 heavy (non-hydrogen) atoms. The van der Waals surface area contributed by atoms with Gasteiger partial charge >= 0.3 is 0 Å². The third-order valence-electron chi connectivity index (χ3n) is 4.43. The number of hydrogen-bond acceptors (Lipinski definition) is 2. The molecule has 0 unspecified atom stereocenters.